The Morgan fingerprint density at radius 1 is 1.33 bits per heavy atom. The molecule has 94 valence electrons. The van der Waals surface area contributed by atoms with Crippen LogP contribution in [0.25, 0.3) is 0 Å². The number of aromatic nitrogens is 1. The highest BCUT2D eigenvalue weighted by molar-refractivity contribution is 6.29. The number of methoxy groups -OCH3 is 1. The fourth-order valence-corrected chi connectivity index (χ4v) is 1.74. The van der Waals surface area contributed by atoms with Gasteiger partial charge < -0.3 is 9.84 Å². The molecule has 1 unspecified atom stereocenters. The molecule has 3 nitrogen and oxygen atoms in total. The van der Waals surface area contributed by atoms with Crippen LogP contribution in [0.2, 0.25) is 5.15 Å². The maximum atomic E-state index is 14.0. The lowest BCUT2D eigenvalue weighted by Crippen LogP contribution is -2.04. The first kappa shape index (κ1) is 12.8. The number of pyridine rings is 1. The second-order valence-corrected chi connectivity index (χ2v) is 4.07. The van der Waals surface area contributed by atoms with Gasteiger partial charge in [0.2, 0.25) is 0 Å². The minimum Gasteiger partial charge on any atom is -0.494 e. The zero-order valence-corrected chi connectivity index (χ0v) is 10.4. The minimum absolute atomic E-state index is 0.0912. The van der Waals surface area contributed by atoms with Crippen molar-refractivity contribution in [3.05, 3.63) is 58.6 Å². The van der Waals surface area contributed by atoms with E-state index in [2.05, 4.69) is 4.98 Å². The zero-order valence-electron chi connectivity index (χ0n) is 9.60. The van der Waals surface area contributed by atoms with Crippen LogP contribution in [0.4, 0.5) is 4.39 Å². The van der Waals surface area contributed by atoms with E-state index in [1.54, 1.807) is 12.1 Å². The number of hydrogen-bond donors (Lipinski definition) is 1. The molecule has 5 heteroatoms. The van der Waals surface area contributed by atoms with E-state index in [0.717, 1.165) is 0 Å². The van der Waals surface area contributed by atoms with Crippen molar-refractivity contribution >= 4 is 11.6 Å². The third-order valence-corrected chi connectivity index (χ3v) is 2.80. The molecule has 0 bridgehead atoms. The summed E-state index contributed by atoms with van der Waals surface area (Å²) in [5.41, 5.74) is 0.602. The molecule has 1 heterocycles. The Bertz CT molecular complexity index is 545. The van der Waals surface area contributed by atoms with Crippen molar-refractivity contribution in [3.63, 3.8) is 0 Å². The number of hydrogen-bond acceptors (Lipinski definition) is 3. The molecule has 2 rings (SSSR count). The number of rotatable bonds is 3. The summed E-state index contributed by atoms with van der Waals surface area (Å²) in [6, 6.07) is 7.74. The molecule has 0 aliphatic carbocycles. The summed E-state index contributed by atoms with van der Waals surface area (Å²) < 4.78 is 18.8. The average molecular weight is 268 g/mol. The third-order valence-electron chi connectivity index (χ3n) is 2.57. The van der Waals surface area contributed by atoms with Gasteiger partial charge in [0, 0.05) is 17.3 Å². The predicted octanol–water partition coefficient (Wildman–Crippen LogP) is 2.96. The van der Waals surface area contributed by atoms with Crippen molar-refractivity contribution in [2.24, 2.45) is 0 Å². The van der Waals surface area contributed by atoms with Crippen molar-refractivity contribution < 1.29 is 14.2 Å². The van der Waals surface area contributed by atoms with E-state index in [9.17, 15) is 9.50 Å². The van der Waals surface area contributed by atoms with E-state index in [0.29, 0.717) is 10.7 Å². The highest BCUT2D eigenvalue weighted by atomic mass is 35.5. The summed E-state index contributed by atoms with van der Waals surface area (Å²) in [5.74, 6) is -0.490. The summed E-state index contributed by atoms with van der Waals surface area (Å²) in [4.78, 5) is 3.85. The number of nitrogens with zero attached hydrogens (tertiary/aromatic N) is 1. The van der Waals surface area contributed by atoms with E-state index in [1.165, 1.54) is 31.5 Å². The molecule has 1 atom stereocenters. The molecule has 0 fully saturated rings. The van der Waals surface area contributed by atoms with Gasteiger partial charge in [-0.3, -0.25) is 0 Å². The number of benzene rings is 1. The van der Waals surface area contributed by atoms with Crippen LogP contribution >= 0.6 is 11.6 Å². The first-order valence-electron chi connectivity index (χ1n) is 5.25. The molecule has 1 aromatic heterocycles. The quantitative estimate of drug-likeness (QED) is 0.870. The number of ether oxygens (including phenoxy) is 1. The third kappa shape index (κ3) is 2.44. The van der Waals surface area contributed by atoms with Gasteiger partial charge in [-0.1, -0.05) is 29.8 Å². The molecule has 0 spiro atoms. The van der Waals surface area contributed by atoms with E-state index in [4.69, 9.17) is 16.3 Å². The van der Waals surface area contributed by atoms with Crippen LogP contribution in [-0.2, 0) is 0 Å². The first-order valence-corrected chi connectivity index (χ1v) is 5.63. The molecule has 0 aliphatic heterocycles. The summed E-state index contributed by atoms with van der Waals surface area (Å²) in [7, 11) is 1.37. The van der Waals surface area contributed by atoms with Crippen molar-refractivity contribution in [1.82, 2.24) is 4.98 Å². The second-order valence-electron chi connectivity index (χ2n) is 3.68. The van der Waals surface area contributed by atoms with Gasteiger partial charge in [0.15, 0.2) is 11.6 Å². The fraction of sp³-hybridized carbons (Fsp3) is 0.154. The molecular formula is C13H11ClFNO2. The number of aliphatic hydroxyl groups is 1. The second kappa shape index (κ2) is 5.33. The Hall–Kier alpha value is -1.65. The van der Waals surface area contributed by atoms with Gasteiger partial charge in [-0.05, 0) is 12.1 Å². The van der Waals surface area contributed by atoms with Crippen LogP contribution in [-0.4, -0.2) is 17.2 Å². The Kier molecular flexibility index (Phi) is 3.79. The molecule has 1 aromatic carbocycles. The van der Waals surface area contributed by atoms with Crippen molar-refractivity contribution in [3.8, 4) is 5.75 Å². The van der Waals surface area contributed by atoms with Gasteiger partial charge in [-0.2, -0.15) is 0 Å². The predicted molar refractivity (Wildman–Crippen MR) is 66.3 cm³/mol. The minimum atomic E-state index is -1.11. The van der Waals surface area contributed by atoms with Crippen molar-refractivity contribution in [1.29, 1.82) is 0 Å². The monoisotopic (exact) mass is 267 g/mol. The summed E-state index contributed by atoms with van der Waals surface area (Å²) >= 11 is 5.65. The largest absolute Gasteiger partial charge is 0.494 e. The van der Waals surface area contributed by atoms with Gasteiger partial charge in [0.05, 0.1) is 7.11 Å². The zero-order chi connectivity index (χ0) is 13.1. The van der Waals surface area contributed by atoms with Crippen LogP contribution < -0.4 is 4.74 Å². The van der Waals surface area contributed by atoms with Gasteiger partial charge in [-0.15, -0.1) is 0 Å². The smallest absolute Gasteiger partial charge is 0.171 e. The van der Waals surface area contributed by atoms with Crippen LogP contribution in [0.15, 0.2) is 36.5 Å². The highest BCUT2D eigenvalue weighted by Crippen LogP contribution is 2.29. The van der Waals surface area contributed by atoms with Crippen molar-refractivity contribution in [2.45, 2.75) is 6.10 Å². The molecular weight excluding hydrogens is 257 g/mol. The van der Waals surface area contributed by atoms with Crippen LogP contribution in [0.3, 0.4) is 0 Å². The lowest BCUT2D eigenvalue weighted by molar-refractivity contribution is 0.213. The van der Waals surface area contributed by atoms with Gasteiger partial charge in [0.1, 0.15) is 11.3 Å². The van der Waals surface area contributed by atoms with E-state index in [1.807, 2.05) is 0 Å². The normalized spacial score (nSPS) is 12.2. The lowest BCUT2D eigenvalue weighted by atomic mass is 10.0. The summed E-state index contributed by atoms with van der Waals surface area (Å²) in [6.45, 7) is 0. The van der Waals surface area contributed by atoms with Crippen LogP contribution in [0.5, 0.6) is 5.75 Å². The molecule has 1 N–H and O–H groups in total. The maximum Gasteiger partial charge on any atom is 0.171 e. The Balaban J connectivity index is 2.39. The first-order chi connectivity index (χ1) is 8.63. The van der Waals surface area contributed by atoms with E-state index in [-0.39, 0.29) is 11.3 Å². The van der Waals surface area contributed by atoms with E-state index >= 15 is 0 Å². The summed E-state index contributed by atoms with van der Waals surface area (Å²) in [5, 5.41) is 10.4. The SMILES string of the molecule is COc1cccc(C(O)c2ccc(Cl)nc2)c1F. The fourth-order valence-electron chi connectivity index (χ4n) is 1.63. The Labute approximate surface area is 109 Å². The number of aliphatic hydroxyl groups excluding tert-OH is 1. The maximum absolute atomic E-state index is 14.0. The van der Waals surface area contributed by atoms with Crippen molar-refractivity contribution in [2.75, 3.05) is 7.11 Å². The standard InChI is InChI=1S/C13H11ClFNO2/c1-18-10-4-2-3-9(12(10)15)13(17)8-5-6-11(14)16-7-8/h2-7,13,17H,1H3. The topological polar surface area (TPSA) is 42.4 Å². The highest BCUT2D eigenvalue weighted by Gasteiger charge is 2.18. The molecule has 0 aliphatic rings. The van der Waals surface area contributed by atoms with E-state index < -0.39 is 11.9 Å². The molecule has 0 radical (unpaired) electrons. The Morgan fingerprint density at radius 2 is 2.11 bits per heavy atom. The summed E-state index contributed by atoms with van der Waals surface area (Å²) in [6.07, 6.45) is 0.302. The molecule has 2 aromatic rings. The average Bonchev–Trinajstić information content (AvgIpc) is 2.39. The molecule has 18 heavy (non-hydrogen) atoms. The lowest BCUT2D eigenvalue weighted by Gasteiger charge is -2.13. The van der Waals surface area contributed by atoms with Crippen LogP contribution in [0.1, 0.15) is 17.2 Å². The van der Waals surface area contributed by atoms with Gasteiger partial charge in [0.25, 0.3) is 0 Å². The number of halogens is 2. The van der Waals surface area contributed by atoms with Gasteiger partial charge >= 0.3 is 0 Å². The Morgan fingerprint density at radius 3 is 2.72 bits per heavy atom. The molecule has 0 amide bonds. The van der Waals surface area contributed by atoms with Crippen LogP contribution in [0, 0.1) is 5.82 Å². The molecule has 0 saturated carbocycles. The molecule has 0 saturated heterocycles. The van der Waals surface area contributed by atoms with Gasteiger partial charge in [-0.25, -0.2) is 9.37 Å².